The van der Waals surface area contributed by atoms with Gasteiger partial charge in [0.2, 0.25) is 0 Å². The molecule has 0 aromatic carbocycles. The molecular weight excluding hydrogens is 156 g/mol. The average Bonchev–Trinajstić information content (AvgIpc) is 2.16. The van der Waals surface area contributed by atoms with Crippen molar-refractivity contribution >= 4 is 0 Å². The summed E-state index contributed by atoms with van der Waals surface area (Å²) in [4.78, 5) is 0. The first-order valence-electron chi connectivity index (χ1n) is 6.11. The zero-order valence-electron chi connectivity index (χ0n) is 9.64. The van der Waals surface area contributed by atoms with Gasteiger partial charge in [0.25, 0.3) is 0 Å². The highest BCUT2D eigenvalue weighted by Gasteiger charge is 2.56. The second-order valence-electron chi connectivity index (χ2n) is 5.84. The molecule has 13 heavy (non-hydrogen) atoms. The predicted molar refractivity (Wildman–Crippen MR) is 57.6 cm³/mol. The molecule has 4 atom stereocenters. The van der Waals surface area contributed by atoms with Gasteiger partial charge in [-0.2, -0.15) is 0 Å². The fraction of sp³-hybridized carbons (Fsp3) is 1.00. The van der Waals surface area contributed by atoms with E-state index in [1.165, 1.54) is 19.3 Å². The predicted octanol–water partition coefficient (Wildman–Crippen LogP) is 4.10. The Morgan fingerprint density at radius 3 is 2.23 bits per heavy atom. The highest BCUT2D eigenvalue weighted by molar-refractivity contribution is 5.05. The smallest absolute Gasteiger partial charge is 0.0295 e. The molecule has 76 valence electrons. The summed E-state index contributed by atoms with van der Waals surface area (Å²) in [5.41, 5.74) is 0.687. The molecule has 0 heterocycles. The van der Waals surface area contributed by atoms with Crippen LogP contribution in [-0.2, 0) is 0 Å². The Hall–Kier alpha value is 0. The molecule has 0 radical (unpaired) electrons. The van der Waals surface area contributed by atoms with Crippen molar-refractivity contribution in [1.29, 1.82) is 0 Å². The van der Waals surface area contributed by atoms with E-state index in [1.807, 2.05) is 0 Å². The minimum Gasteiger partial charge on any atom is -0.0651 e. The minimum atomic E-state index is 0.687. The zero-order chi connectivity index (χ0) is 9.64. The number of fused-ring (bicyclic) bond motifs is 2. The Bertz CT molecular complexity index is 192. The van der Waals surface area contributed by atoms with Crippen molar-refractivity contribution in [3.8, 4) is 0 Å². The topological polar surface area (TPSA) is 0 Å². The Labute approximate surface area is 83.1 Å². The maximum Gasteiger partial charge on any atom is -0.0295 e. The van der Waals surface area contributed by atoms with Gasteiger partial charge in [0.15, 0.2) is 0 Å². The molecule has 0 saturated heterocycles. The van der Waals surface area contributed by atoms with Gasteiger partial charge in [0, 0.05) is 0 Å². The lowest BCUT2D eigenvalue weighted by atomic mass is 9.42. The zero-order valence-corrected chi connectivity index (χ0v) is 9.64. The number of hydrogen-bond donors (Lipinski definition) is 0. The SMILES string of the molecule is CCC1CC2CC(C1CC)C2(C)C. The van der Waals surface area contributed by atoms with Gasteiger partial charge in [0.05, 0.1) is 0 Å². The van der Waals surface area contributed by atoms with Crippen LogP contribution in [0.3, 0.4) is 0 Å². The molecule has 4 unspecified atom stereocenters. The first-order chi connectivity index (χ1) is 6.11. The van der Waals surface area contributed by atoms with E-state index in [1.54, 1.807) is 6.42 Å². The van der Waals surface area contributed by atoms with Gasteiger partial charge in [-0.15, -0.1) is 0 Å². The van der Waals surface area contributed by atoms with Crippen molar-refractivity contribution in [1.82, 2.24) is 0 Å². The van der Waals surface area contributed by atoms with Gasteiger partial charge in [0.1, 0.15) is 0 Å². The van der Waals surface area contributed by atoms with E-state index >= 15 is 0 Å². The van der Waals surface area contributed by atoms with Gasteiger partial charge < -0.3 is 0 Å². The van der Waals surface area contributed by atoms with E-state index in [4.69, 9.17) is 0 Å². The van der Waals surface area contributed by atoms with Gasteiger partial charge in [-0.05, 0) is 41.9 Å². The van der Waals surface area contributed by atoms with Crippen molar-refractivity contribution in [2.75, 3.05) is 0 Å². The van der Waals surface area contributed by atoms with Crippen LogP contribution in [-0.4, -0.2) is 0 Å². The molecule has 3 saturated carbocycles. The van der Waals surface area contributed by atoms with Crippen molar-refractivity contribution in [3.63, 3.8) is 0 Å². The van der Waals surface area contributed by atoms with Crippen molar-refractivity contribution in [2.24, 2.45) is 29.1 Å². The Morgan fingerprint density at radius 2 is 1.77 bits per heavy atom. The molecule has 0 aliphatic heterocycles. The highest BCUT2D eigenvalue weighted by atomic mass is 14.6. The summed E-state index contributed by atoms with van der Waals surface area (Å²) >= 11 is 0. The first-order valence-corrected chi connectivity index (χ1v) is 6.11. The maximum absolute atomic E-state index is 2.50. The molecule has 0 heteroatoms. The number of hydrogen-bond acceptors (Lipinski definition) is 0. The van der Waals surface area contributed by atoms with Gasteiger partial charge in [-0.3, -0.25) is 0 Å². The second-order valence-corrected chi connectivity index (χ2v) is 5.84. The maximum atomic E-state index is 2.50. The molecule has 3 aliphatic carbocycles. The van der Waals surface area contributed by atoms with Crippen LogP contribution in [0.4, 0.5) is 0 Å². The third kappa shape index (κ3) is 1.17. The van der Waals surface area contributed by atoms with Crippen molar-refractivity contribution in [2.45, 2.75) is 53.4 Å². The van der Waals surface area contributed by atoms with Crippen LogP contribution in [0.25, 0.3) is 0 Å². The monoisotopic (exact) mass is 180 g/mol. The summed E-state index contributed by atoms with van der Waals surface area (Å²) in [6, 6.07) is 0. The molecule has 0 nitrogen and oxygen atoms in total. The summed E-state index contributed by atoms with van der Waals surface area (Å²) < 4.78 is 0. The Balaban J connectivity index is 2.13. The summed E-state index contributed by atoms with van der Waals surface area (Å²) in [6.45, 7) is 9.77. The highest BCUT2D eigenvalue weighted by Crippen LogP contribution is 2.64. The quantitative estimate of drug-likeness (QED) is 0.600. The van der Waals surface area contributed by atoms with Gasteiger partial charge in [-0.25, -0.2) is 0 Å². The van der Waals surface area contributed by atoms with E-state index in [9.17, 15) is 0 Å². The van der Waals surface area contributed by atoms with Gasteiger partial charge >= 0.3 is 0 Å². The summed E-state index contributed by atoms with van der Waals surface area (Å²) in [5.74, 6) is 4.22. The third-order valence-corrected chi connectivity index (χ3v) is 5.25. The first kappa shape index (κ1) is 9.55. The number of rotatable bonds is 2. The van der Waals surface area contributed by atoms with Crippen LogP contribution in [0.5, 0.6) is 0 Å². The van der Waals surface area contributed by atoms with E-state index in [-0.39, 0.29) is 0 Å². The van der Waals surface area contributed by atoms with Crippen LogP contribution >= 0.6 is 0 Å². The molecule has 2 bridgehead atoms. The molecule has 0 N–H and O–H groups in total. The molecule has 0 spiro atoms. The Morgan fingerprint density at radius 1 is 1.08 bits per heavy atom. The lowest BCUT2D eigenvalue weighted by Crippen LogP contribution is -2.55. The molecule has 3 aliphatic rings. The molecule has 0 aromatic heterocycles. The van der Waals surface area contributed by atoms with Crippen molar-refractivity contribution in [3.05, 3.63) is 0 Å². The fourth-order valence-corrected chi connectivity index (χ4v) is 4.14. The molecule has 3 fully saturated rings. The average molecular weight is 180 g/mol. The summed E-state index contributed by atoms with van der Waals surface area (Å²) in [7, 11) is 0. The normalized spacial score (nSPS) is 47.1. The van der Waals surface area contributed by atoms with Gasteiger partial charge in [-0.1, -0.05) is 40.5 Å². The second kappa shape index (κ2) is 3.00. The van der Waals surface area contributed by atoms with Crippen LogP contribution in [0.15, 0.2) is 0 Å². The molecular formula is C13H24. The van der Waals surface area contributed by atoms with Crippen LogP contribution in [0.2, 0.25) is 0 Å². The van der Waals surface area contributed by atoms with E-state index in [2.05, 4.69) is 27.7 Å². The van der Waals surface area contributed by atoms with E-state index < -0.39 is 0 Å². The van der Waals surface area contributed by atoms with E-state index in [0.717, 1.165) is 23.7 Å². The lowest BCUT2D eigenvalue weighted by Gasteiger charge is -2.63. The minimum absolute atomic E-state index is 0.687. The third-order valence-electron chi connectivity index (χ3n) is 5.25. The fourth-order valence-electron chi connectivity index (χ4n) is 4.14. The standard InChI is InChI=1S/C13H24/c1-5-9-7-10-8-12(11(9)6-2)13(10,3)4/h9-12H,5-8H2,1-4H3. The van der Waals surface area contributed by atoms with E-state index in [0.29, 0.717) is 5.41 Å². The largest absolute Gasteiger partial charge is 0.0651 e. The summed E-state index contributed by atoms with van der Waals surface area (Å²) in [5, 5.41) is 0. The molecule has 3 rings (SSSR count). The Kier molecular flexibility index (Phi) is 2.20. The van der Waals surface area contributed by atoms with Crippen LogP contribution in [0, 0.1) is 29.1 Å². The van der Waals surface area contributed by atoms with Crippen LogP contribution < -0.4 is 0 Å². The van der Waals surface area contributed by atoms with Crippen LogP contribution in [0.1, 0.15) is 53.4 Å². The molecule has 0 amide bonds. The van der Waals surface area contributed by atoms with Crippen molar-refractivity contribution < 1.29 is 0 Å². The summed E-state index contributed by atoms with van der Waals surface area (Å²) in [6.07, 6.45) is 5.90. The lowest BCUT2D eigenvalue weighted by molar-refractivity contribution is -0.135. The molecule has 0 aromatic rings.